The van der Waals surface area contributed by atoms with Crippen LogP contribution in [-0.4, -0.2) is 5.78 Å². The summed E-state index contributed by atoms with van der Waals surface area (Å²) in [7, 11) is 0. The molecule has 0 heterocycles. The summed E-state index contributed by atoms with van der Waals surface area (Å²) in [4.78, 5) is 11.8. The molecule has 1 nitrogen and oxygen atoms in total. The van der Waals surface area contributed by atoms with Gasteiger partial charge in [0.2, 0.25) is 0 Å². The number of carbonyl (C=O) groups excluding carboxylic acids is 1. The summed E-state index contributed by atoms with van der Waals surface area (Å²) in [6, 6.07) is 0. The first-order valence-electron chi connectivity index (χ1n) is 6.08. The number of hydrogen-bond donors (Lipinski definition) is 0. The van der Waals surface area contributed by atoms with Crippen LogP contribution in [0.15, 0.2) is 0 Å². The number of rotatable bonds is 1. The summed E-state index contributed by atoms with van der Waals surface area (Å²) >= 11 is 0. The number of ketones is 1. The van der Waals surface area contributed by atoms with Crippen molar-refractivity contribution < 1.29 is 4.79 Å². The zero-order valence-corrected chi connectivity index (χ0v) is 9.68. The van der Waals surface area contributed by atoms with Crippen molar-refractivity contribution >= 4 is 5.78 Å². The molecule has 3 atom stereocenters. The number of fused-ring (bicyclic) bond motifs is 1. The minimum Gasteiger partial charge on any atom is -0.299 e. The van der Waals surface area contributed by atoms with Crippen LogP contribution in [0.1, 0.15) is 52.9 Å². The predicted octanol–water partition coefficient (Wildman–Crippen LogP) is 3.43. The van der Waals surface area contributed by atoms with Gasteiger partial charge < -0.3 is 0 Å². The first-order valence-corrected chi connectivity index (χ1v) is 6.08. The lowest BCUT2D eigenvalue weighted by Crippen LogP contribution is -2.38. The molecule has 0 radical (unpaired) electrons. The Morgan fingerprint density at radius 1 is 1.36 bits per heavy atom. The van der Waals surface area contributed by atoms with Crippen LogP contribution < -0.4 is 0 Å². The van der Waals surface area contributed by atoms with Crippen LogP contribution in [-0.2, 0) is 4.79 Å². The van der Waals surface area contributed by atoms with Gasteiger partial charge in [-0.15, -0.1) is 0 Å². The van der Waals surface area contributed by atoms with E-state index in [1.807, 2.05) is 0 Å². The van der Waals surface area contributed by atoms with Crippen LogP contribution in [0.5, 0.6) is 0 Å². The Morgan fingerprint density at radius 2 is 2.07 bits per heavy atom. The van der Waals surface area contributed by atoms with Crippen molar-refractivity contribution in [3.63, 3.8) is 0 Å². The zero-order valence-electron chi connectivity index (χ0n) is 9.68. The normalized spacial score (nSPS) is 43.0. The van der Waals surface area contributed by atoms with Gasteiger partial charge in [-0.05, 0) is 42.9 Å². The van der Waals surface area contributed by atoms with Gasteiger partial charge in [-0.2, -0.15) is 0 Å². The third-order valence-electron chi connectivity index (χ3n) is 4.74. The highest BCUT2D eigenvalue weighted by molar-refractivity contribution is 5.83. The van der Waals surface area contributed by atoms with Gasteiger partial charge in [0.25, 0.3) is 0 Å². The molecule has 0 aromatic rings. The van der Waals surface area contributed by atoms with Crippen LogP contribution in [0.2, 0.25) is 0 Å². The maximum absolute atomic E-state index is 11.8. The minimum atomic E-state index is 0.351. The topological polar surface area (TPSA) is 17.1 Å². The standard InChI is InChI=1S/C13H22O/c1-9(2)10-6-7-11-12(14)5-4-8-13(10,11)3/h9-11H,4-8H2,1-3H3/t10-,11+,13-/m1/s1. The second kappa shape index (κ2) is 3.36. The van der Waals surface area contributed by atoms with E-state index in [-0.39, 0.29) is 0 Å². The van der Waals surface area contributed by atoms with Crippen LogP contribution in [0.25, 0.3) is 0 Å². The SMILES string of the molecule is CC(C)[C@H]1CC[C@H]2C(=O)CCC[C@]12C. The van der Waals surface area contributed by atoms with Crippen molar-refractivity contribution in [3.05, 3.63) is 0 Å². The summed E-state index contributed by atoms with van der Waals surface area (Å²) in [6.07, 6.45) is 5.72. The lowest BCUT2D eigenvalue weighted by molar-refractivity contribution is -0.130. The molecule has 2 rings (SSSR count). The molecule has 1 heteroatoms. The van der Waals surface area contributed by atoms with E-state index in [0.717, 1.165) is 31.1 Å². The molecule has 0 amide bonds. The van der Waals surface area contributed by atoms with E-state index < -0.39 is 0 Å². The molecule has 14 heavy (non-hydrogen) atoms. The Morgan fingerprint density at radius 3 is 2.71 bits per heavy atom. The molecular weight excluding hydrogens is 172 g/mol. The number of carbonyl (C=O) groups is 1. The summed E-state index contributed by atoms with van der Waals surface area (Å²) in [6.45, 7) is 7.00. The van der Waals surface area contributed by atoms with Gasteiger partial charge in [0, 0.05) is 12.3 Å². The maximum Gasteiger partial charge on any atom is 0.136 e. The Bertz CT molecular complexity index is 244. The molecule has 2 aliphatic rings. The molecule has 0 aromatic carbocycles. The van der Waals surface area contributed by atoms with E-state index in [2.05, 4.69) is 20.8 Å². The van der Waals surface area contributed by atoms with Gasteiger partial charge in [-0.3, -0.25) is 4.79 Å². The van der Waals surface area contributed by atoms with Crippen molar-refractivity contribution in [1.82, 2.24) is 0 Å². The molecular formula is C13H22O. The first-order chi connectivity index (χ1) is 6.55. The molecule has 2 aliphatic carbocycles. The number of hydrogen-bond acceptors (Lipinski definition) is 1. The van der Waals surface area contributed by atoms with Crippen molar-refractivity contribution in [2.45, 2.75) is 52.9 Å². The van der Waals surface area contributed by atoms with Crippen LogP contribution in [0.4, 0.5) is 0 Å². The smallest absolute Gasteiger partial charge is 0.136 e. The molecule has 0 aromatic heterocycles. The maximum atomic E-state index is 11.8. The lowest BCUT2D eigenvalue weighted by Gasteiger charge is -2.41. The van der Waals surface area contributed by atoms with Gasteiger partial charge in [0.1, 0.15) is 5.78 Å². The summed E-state index contributed by atoms with van der Waals surface area (Å²) in [5, 5.41) is 0. The molecule has 0 unspecified atom stereocenters. The van der Waals surface area contributed by atoms with Crippen molar-refractivity contribution in [2.75, 3.05) is 0 Å². The lowest BCUT2D eigenvalue weighted by atomic mass is 9.62. The van der Waals surface area contributed by atoms with Crippen LogP contribution in [0.3, 0.4) is 0 Å². The van der Waals surface area contributed by atoms with Gasteiger partial charge >= 0.3 is 0 Å². The molecule has 0 aliphatic heterocycles. The van der Waals surface area contributed by atoms with Gasteiger partial charge in [0.15, 0.2) is 0 Å². The summed E-state index contributed by atoms with van der Waals surface area (Å²) in [5.41, 5.74) is 0.351. The van der Waals surface area contributed by atoms with Gasteiger partial charge in [-0.1, -0.05) is 20.8 Å². The predicted molar refractivity (Wildman–Crippen MR) is 58.0 cm³/mol. The Hall–Kier alpha value is -0.330. The highest BCUT2D eigenvalue weighted by atomic mass is 16.1. The fraction of sp³-hybridized carbons (Fsp3) is 0.923. The largest absolute Gasteiger partial charge is 0.299 e. The molecule has 0 N–H and O–H groups in total. The molecule has 80 valence electrons. The molecule has 0 saturated heterocycles. The van der Waals surface area contributed by atoms with Gasteiger partial charge in [-0.25, -0.2) is 0 Å². The summed E-state index contributed by atoms with van der Waals surface area (Å²) in [5.74, 6) is 2.50. The molecule has 0 spiro atoms. The highest BCUT2D eigenvalue weighted by Gasteiger charge is 2.51. The van der Waals surface area contributed by atoms with Crippen molar-refractivity contribution in [3.8, 4) is 0 Å². The average molecular weight is 194 g/mol. The fourth-order valence-corrected chi connectivity index (χ4v) is 4.07. The fourth-order valence-electron chi connectivity index (χ4n) is 4.07. The third kappa shape index (κ3) is 1.32. The first kappa shape index (κ1) is 10.2. The second-order valence-corrected chi connectivity index (χ2v) is 5.81. The average Bonchev–Trinajstić information content (AvgIpc) is 2.43. The second-order valence-electron chi connectivity index (χ2n) is 5.81. The Labute approximate surface area is 87.3 Å². The van der Waals surface area contributed by atoms with Crippen molar-refractivity contribution in [2.24, 2.45) is 23.2 Å². The monoisotopic (exact) mass is 194 g/mol. The Balaban J connectivity index is 2.24. The zero-order chi connectivity index (χ0) is 10.3. The van der Waals surface area contributed by atoms with Gasteiger partial charge in [0.05, 0.1) is 0 Å². The van der Waals surface area contributed by atoms with E-state index in [9.17, 15) is 4.79 Å². The van der Waals surface area contributed by atoms with E-state index in [4.69, 9.17) is 0 Å². The molecule has 2 fully saturated rings. The molecule has 2 saturated carbocycles. The minimum absolute atomic E-state index is 0.351. The third-order valence-corrected chi connectivity index (χ3v) is 4.74. The van der Waals surface area contributed by atoms with E-state index in [1.165, 1.54) is 12.8 Å². The van der Waals surface area contributed by atoms with E-state index in [0.29, 0.717) is 17.1 Å². The summed E-state index contributed by atoms with van der Waals surface area (Å²) < 4.78 is 0. The van der Waals surface area contributed by atoms with Crippen molar-refractivity contribution in [1.29, 1.82) is 0 Å². The van der Waals surface area contributed by atoms with Crippen LogP contribution in [0, 0.1) is 23.2 Å². The van der Waals surface area contributed by atoms with E-state index >= 15 is 0 Å². The quantitative estimate of drug-likeness (QED) is 0.625. The van der Waals surface area contributed by atoms with E-state index in [1.54, 1.807) is 0 Å². The molecule has 0 bridgehead atoms. The highest BCUT2D eigenvalue weighted by Crippen LogP contribution is 2.56. The Kier molecular flexibility index (Phi) is 2.45. The van der Waals surface area contributed by atoms with Crippen LogP contribution >= 0.6 is 0 Å². The number of Topliss-reactive ketones (excluding diaryl/α,β-unsaturated/α-hetero) is 1.